The average Bonchev–Trinajstić information content (AvgIpc) is 3.21. The van der Waals surface area contributed by atoms with Gasteiger partial charge in [0.1, 0.15) is 0 Å². The van der Waals surface area contributed by atoms with Crippen LogP contribution in [0.25, 0.3) is 10.9 Å². The minimum Gasteiger partial charge on any atom is -0.465 e. The molecule has 1 aromatic heterocycles. The molecule has 1 fully saturated rings. The van der Waals surface area contributed by atoms with Gasteiger partial charge in [-0.2, -0.15) is 0 Å². The number of rotatable bonds is 7. The molecule has 0 unspecified atom stereocenters. The molecule has 1 saturated heterocycles. The third-order valence-electron chi connectivity index (χ3n) is 6.13. The molecule has 0 bridgehead atoms. The van der Waals surface area contributed by atoms with E-state index in [-0.39, 0.29) is 11.9 Å². The molecule has 0 saturated carbocycles. The predicted molar refractivity (Wildman–Crippen MR) is 124 cm³/mol. The number of hydrogen-bond donors (Lipinski definition) is 0. The van der Waals surface area contributed by atoms with Crippen molar-refractivity contribution < 1.29 is 19.1 Å². The van der Waals surface area contributed by atoms with Gasteiger partial charge in [-0.25, -0.2) is 4.79 Å². The maximum Gasteiger partial charge on any atom is 0.337 e. The molecular formula is C26H30N2O4. The number of unbranched alkanes of at least 4 members (excludes halogenated alkanes) is 1. The van der Waals surface area contributed by atoms with Gasteiger partial charge in [0.05, 0.1) is 31.5 Å². The SMILES string of the molecule is COC(=O)c1ccc(CCCCn2cc(C(=O)N3CCOCC3)c3c(C)cccc32)cc1. The Morgan fingerprint density at radius 3 is 2.50 bits per heavy atom. The van der Waals surface area contributed by atoms with E-state index < -0.39 is 0 Å². The summed E-state index contributed by atoms with van der Waals surface area (Å²) in [5.41, 5.74) is 4.81. The quantitative estimate of drug-likeness (QED) is 0.412. The number of carbonyl (C=O) groups is 2. The third-order valence-corrected chi connectivity index (χ3v) is 6.13. The molecule has 0 radical (unpaired) electrons. The number of hydrogen-bond acceptors (Lipinski definition) is 4. The molecule has 6 nitrogen and oxygen atoms in total. The van der Waals surface area contributed by atoms with Gasteiger partial charge < -0.3 is 18.9 Å². The average molecular weight is 435 g/mol. The lowest BCUT2D eigenvalue weighted by Crippen LogP contribution is -2.40. The normalized spacial score (nSPS) is 14.0. The van der Waals surface area contributed by atoms with E-state index in [1.165, 1.54) is 12.7 Å². The van der Waals surface area contributed by atoms with Gasteiger partial charge in [-0.05, 0) is 55.5 Å². The number of carbonyl (C=O) groups excluding carboxylic acids is 2. The standard InChI is InChI=1S/C26H30N2O4/c1-19-6-5-8-23-24(19)22(25(29)27-14-16-32-17-15-27)18-28(23)13-4-3-7-20-9-11-21(12-10-20)26(30)31-2/h5-6,8-12,18H,3-4,7,13-17H2,1-2H3. The number of methoxy groups -OCH3 is 1. The van der Waals surface area contributed by atoms with Crippen LogP contribution < -0.4 is 0 Å². The summed E-state index contributed by atoms with van der Waals surface area (Å²) in [5, 5.41) is 1.06. The minimum atomic E-state index is -0.311. The summed E-state index contributed by atoms with van der Waals surface area (Å²) in [5.74, 6) is -0.217. The van der Waals surface area contributed by atoms with E-state index in [4.69, 9.17) is 9.47 Å². The van der Waals surface area contributed by atoms with Crippen molar-refractivity contribution in [2.45, 2.75) is 32.7 Å². The van der Waals surface area contributed by atoms with Gasteiger partial charge in [0.2, 0.25) is 0 Å². The highest BCUT2D eigenvalue weighted by Crippen LogP contribution is 2.27. The zero-order valence-electron chi connectivity index (χ0n) is 18.8. The van der Waals surface area contributed by atoms with Gasteiger partial charge in [0, 0.05) is 36.7 Å². The molecule has 168 valence electrons. The van der Waals surface area contributed by atoms with E-state index in [2.05, 4.69) is 29.7 Å². The van der Waals surface area contributed by atoms with Crippen LogP contribution in [0.15, 0.2) is 48.7 Å². The van der Waals surface area contributed by atoms with Gasteiger partial charge in [-0.3, -0.25) is 4.79 Å². The summed E-state index contributed by atoms with van der Waals surface area (Å²) in [6, 6.07) is 13.8. The summed E-state index contributed by atoms with van der Waals surface area (Å²) in [4.78, 5) is 26.7. The summed E-state index contributed by atoms with van der Waals surface area (Å²) in [6.45, 7) is 5.42. The van der Waals surface area contributed by atoms with E-state index in [1.807, 2.05) is 35.4 Å². The summed E-state index contributed by atoms with van der Waals surface area (Å²) in [7, 11) is 1.39. The Labute approximate surface area is 188 Å². The van der Waals surface area contributed by atoms with Crippen molar-refractivity contribution in [2.24, 2.45) is 0 Å². The van der Waals surface area contributed by atoms with Crippen LogP contribution in [0.5, 0.6) is 0 Å². The lowest BCUT2D eigenvalue weighted by Gasteiger charge is -2.26. The second kappa shape index (κ2) is 10.0. The maximum absolute atomic E-state index is 13.2. The van der Waals surface area contributed by atoms with Crippen LogP contribution in [0.4, 0.5) is 0 Å². The Bertz CT molecular complexity index is 1090. The topological polar surface area (TPSA) is 60.8 Å². The number of nitrogens with zero attached hydrogens (tertiary/aromatic N) is 2. The third kappa shape index (κ3) is 4.70. The van der Waals surface area contributed by atoms with Crippen molar-refractivity contribution in [3.63, 3.8) is 0 Å². The Morgan fingerprint density at radius 2 is 1.78 bits per heavy atom. The zero-order chi connectivity index (χ0) is 22.5. The van der Waals surface area contributed by atoms with E-state index in [9.17, 15) is 9.59 Å². The van der Waals surface area contributed by atoms with Gasteiger partial charge in [0.15, 0.2) is 0 Å². The van der Waals surface area contributed by atoms with E-state index in [0.717, 1.165) is 47.8 Å². The van der Waals surface area contributed by atoms with E-state index in [0.29, 0.717) is 31.9 Å². The van der Waals surface area contributed by atoms with Crippen LogP contribution in [0.2, 0.25) is 0 Å². The fraction of sp³-hybridized carbons (Fsp3) is 0.385. The Balaban J connectivity index is 1.43. The first-order valence-electron chi connectivity index (χ1n) is 11.2. The molecule has 1 aliphatic rings. The summed E-state index contributed by atoms with van der Waals surface area (Å²) >= 11 is 0. The molecule has 4 rings (SSSR count). The summed E-state index contributed by atoms with van der Waals surface area (Å²) < 4.78 is 12.4. The second-order valence-electron chi connectivity index (χ2n) is 8.26. The van der Waals surface area contributed by atoms with Crippen molar-refractivity contribution in [1.29, 1.82) is 0 Å². The Hall–Kier alpha value is -3.12. The Morgan fingerprint density at radius 1 is 1.03 bits per heavy atom. The number of ether oxygens (including phenoxy) is 2. The number of amides is 1. The molecule has 1 aliphatic heterocycles. The van der Waals surface area contributed by atoms with Crippen molar-refractivity contribution in [1.82, 2.24) is 9.47 Å². The highest BCUT2D eigenvalue weighted by molar-refractivity contribution is 6.08. The molecule has 0 atom stereocenters. The summed E-state index contributed by atoms with van der Waals surface area (Å²) in [6.07, 6.45) is 5.00. The fourth-order valence-corrected chi connectivity index (χ4v) is 4.35. The molecule has 0 spiro atoms. The monoisotopic (exact) mass is 434 g/mol. The molecule has 0 aliphatic carbocycles. The number of aryl methyl sites for hydroxylation is 3. The number of fused-ring (bicyclic) bond motifs is 1. The fourth-order valence-electron chi connectivity index (χ4n) is 4.35. The van der Waals surface area contributed by atoms with Crippen LogP contribution in [-0.2, 0) is 22.4 Å². The first-order valence-corrected chi connectivity index (χ1v) is 11.2. The number of benzene rings is 2. The van der Waals surface area contributed by atoms with Gasteiger partial charge in [-0.15, -0.1) is 0 Å². The minimum absolute atomic E-state index is 0.0945. The second-order valence-corrected chi connectivity index (χ2v) is 8.26. The van der Waals surface area contributed by atoms with Crippen LogP contribution in [0.1, 0.15) is 44.7 Å². The van der Waals surface area contributed by atoms with Gasteiger partial charge in [0.25, 0.3) is 5.91 Å². The largest absolute Gasteiger partial charge is 0.465 e. The first-order chi connectivity index (χ1) is 15.6. The first kappa shape index (κ1) is 22.1. The maximum atomic E-state index is 13.2. The molecule has 1 amide bonds. The van der Waals surface area contributed by atoms with Crippen molar-refractivity contribution in [2.75, 3.05) is 33.4 Å². The van der Waals surface area contributed by atoms with Crippen molar-refractivity contribution in [3.8, 4) is 0 Å². The molecule has 0 N–H and O–H groups in total. The highest BCUT2D eigenvalue weighted by atomic mass is 16.5. The number of esters is 1. The number of morpholine rings is 1. The van der Waals surface area contributed by atoms with Crippen molar-refractivity contribution >= 4 is 22.8 Å². The molecule has 32 heavy (non-hydrogen) atoms. The van der Waals surface area contributed by atoms with Crippen molar-refractivity contribution in [3.05, 3.63) is 70.9 Å². The zero-order valence-corrected chi connectivity index (χ0v) is 18.8. The smallest absolute Gasteiger partial charge is 0.337 e. The predicted octanol–water partition coefficient (Wildman–Crippen LogP) is 4.23. The van der Waals surface area contributed by atoms with E-state index >= 15 is 0 Å². The molecule has 3 aromatic rings. The molecular weight excluding hydrogens is 404 g/mol. The Kier molecular flexibility index (Phi) is 6.90. The van der Waals surface area contributed by atoms with Gasteiger partial charge >= 0.3 is 5.97 Å². The van der Waals surface area contributed by atoms with Crippen LogP contribution in [0, 0.1) is 6.92 Å². The van der Waals surface area contributed by atoms with Crippen LogP contribution in [-0.4, -0.2) is 54.8 Å². The molecule has 2 aromatic carbocycles. The van der Waals surface area contributed by atoms with Crippen LogP contribution >= 0.6 is 0 Å². The van der Waals surface area contributed by atoms with E-state index in [1.54, 1.807) is 0 Å². The molecule has 2 heterocycles. The molecule has 6 heteroatoms. The van der Waals surface area contributed by atoms with Gasteiger partial charge in [-0.1, -0.05) is 24.3 Å². The van der Waals surface area contributed by atoms with Crippen LogP contribution in [0.3, 0.4) is 0 Å². The highest BCUT2D eigenvalue weighted by Gasteiger charge is 2.23. The number of aromatic nitrogens is 1. The lowest BCUT2D eigenvalue weighted by molar-refractivity contribution is 0.0304. The lowest BCUT2D eigenvalue weighted by atomic mass is 10.1.